The summed E-state index contributed by atoms with van der Waals surface area (Å²) in [5.41, 5.74) is 3.82. The molecule has 4 heteroatoms. The van der Waals surface area contributed by atoms with Gasteiger partial charge in [0.2, 0.25) is 0 Å². The predicted molar refractivity (Wildman–Crippen MR) is 82.6 cm³/mol. The van der Waals surface area contributed by atoms with Crippen LogP contribution in [-0.4, -0.2) is 15.9 Å². The second-order valence-electron chi connectivity index (χ2n) is 5.04. The predicted octanol–water partition coefficient (Wildman–Crippen LogP) is 3.64. The molecule has 3 nitrogen and oxygen atoms in total. The number of nitrogens with zero attached hydrogens (tertiary/aromatic N) is 2. The van der Waals surface area contributed by atoms with Crippen LogP contribution in [0, 0.1) is 5.82 Å². The van der Waals surface area contributed by atoms with E-state index < -0.39 is 0 Å². The molecule has 0 aliphatic carbocycles. The molecule has 0 atom stereocenters. The molecule has 0 spiro atoms. The highest BCUT2D eigenvalue weighted by atomic mass is 19.1. The van der Waals surface area contributed by atoms with E-state index in [9.17, 15) is 4.39 Å². The number of fused-ring (bicyclic) bond motifs is 1. The quantitative estimate of drug-likeness (QED) is 0.724. The molecular formula is C17H18FN3. The van der Waals surface area contributed by atoms with Crippen LogP contribution in [0.3, 0.4) is 0 Å². The van der Waals surface area contributed by atoms with Gasteiger partial charge in [-0.3, -0.25) is 4.40 Å². The van der Waals surface area contributed by atoms with Gasteiger partial charge >= 0.3 is 0 Å². The van der Waals surface area contributed by atoms with Crippen molar-refractivity contribution in [3.05, 3.63) is 60.2 Å². The van der Waals surface area contributed by atoms with Crippen LogP contribution in [0.1, 0.15) is 18.9 Å². The molecule has 3 rings (SSSR count). The van der Waals surface area contributed by atoms with Crippen molar-refractivity contribution in [3.8, 4) is 11.3 Å². The van der Waals surface area contributed by atoms with Crippen LogP contribution in [0.4, 0.5) is 4.39 Å². The number of rotatable bonds is 5. The standard InChI is InChI=1S/C17H18FN3/c1-2-8-19-12-13-6-7-14(18)11-15(13)16-4-3-5-17-20-9-10-21(16)17/h3-7,9-11,19H,2,8,12H2,1H3. The summed E-state index contributed by atoms with van der Waals surface area (Å²) in [7, 11) is 0. The second kappa shape index (κ2) is 6.06. The molecule has 1 aromatic carbocycles. The molecule has 108 valence electrons. The number of aromatic nitrogens is 2. The van der Waals surface area contributed by atoms with Gasteiger partial charge in [-0.15, -0.1) is 0 Å². The molecule has 2 aromatic heterocycles. The molecule has 0 saturated carbocycles. The minimum atomic E-state index is -0.221. The maximum absolute atomic E-state index is 13.7. The first kappa shape index (κ1) is 13.8. The van der Waals surface area contributed by atoms with E-state index in [-0.39, 0.29) is 5.82 Å². The largest absolute Gasteiger partial charge is 0.313 e. The molecule has 0 aliphatic rings. The van der Waals surface area contributed by atoms with Crippen LogP contribution in [0.2, 0.25) is 0 Å². The van der Waals surface area contributed by atoms with Crippen molar-refractivity contribution in [3.63, 3.8) is 0 Å². The summed E-state index contributed by atoms with van der Waals surface area (Å²) >= 11 is 0. The van der Waals surface area contributed by atoms with Gasteiger partial charge in [0, 0.05) is 24.5 Å². The SMILES string of the molecule is CCCNCc1ccc(F)cc1-c1cccc2nccn12. The van der Waals surface area contributed by atoms with Gasteiger partial charge in [0.15, 0.2) is 0 Å². The molecule has 21 heavy (non-hydrogen) atoms. The Hall–Kier alpha value is -2.20. The average Bonchev–Trinajstić information content (AvgIpc) is 2.97. The molecule has 0 aliphatic heterocycles. The van der Waals surface area contributed by atoms with E-state index in [0.29, 0.717) is 0 Å². The lowest BCUT2D eigenvalue weighted by Gasteiger charge is -2.12. The first-order valence-electron chi connectivity index (χ1n) is 7.21. The molecule has 0 amide bonds. The van der Waals surface area contributed by atoms with Crippen molar-refractivity contribution < 1.29 is 4.39 Å². The lowest BCUT2D eigenvalue weighted by atomic mass is 10.0. The number of hydrogen-bond donors (Lipinski definition) is 1. The smallest absolute Gasteiger partial charge is 0.137 e. The summed E-state index contributed by atoms with van der Waals surface area (Å²) in [5, 5.41) is 3.38. The van der Waals surface area contributed by atoms with Crippen molar-refractivity contribution in [1.82, 2.24) is 14.7 Å². The van der Waals surface area contributed by atoms with Crippen molar-refractivity contribution in [2.75, 3.05) is 6.54 Å². The van der Waals surface area contributed by atoms with Crippen LogP contribution in [0.15, 0.2) is 48.8 Å². The summed E-state index contributed by atoms with van der Waals surface area (Å²) in [4.78, 5) is 4.29. The molecule has 0 bridgehead atoms. The highest BCUT2D eigenvalue weighted by Crippen LogP contribution is 2.25. The van der Waals surface area contributed by atoms with Gasteiger partial charge in [0.1, 0.15) is 11.5 Å². The Morgan fingerprint density at radius 2 is 2.14 bits per heavy atom. The van der Waals surface area contributed by atoms with E-state index in [1.807, 2.05) is 34.9 Å². The van der Waals surface area contributed by atoms with E-state index in [4.69, 9.17) is 0 Å². The third-order valence-electron chi connectivity index (χ3n) is 3.52. The molecule has 0 unspecified atom stereocenters. The third kappa shape index (κ3) is 2.81. The lowest BCUT2D eigenvalue weighted by Crippen LogP contribution is -2.14. The minimum Gasteiger partial charge on any atom is -0.313 e. The maximum Gasteiger partial charge on any atom is 0.137 e. The van der Waals surface area contributed by atoms with Crippen LogP contribution >= 0.6 is 0 Å². The highest BCUT2D eigenvalue weighted by molar-refractivity contribution is 5.67. The van der Waals surface area contributed by atoms with Gasteiger partial charge in [-0.1, -0.05) is 19.1 Å². The van der Waals surface area contributed by atoms with Gasteiger partial charge in [0.25, 0.3) is 0 Å². The van der Waals surface area contributed by atoms with Gasteiger partial charge < -0.3 is 5.32 Å². The number of nitrogens with one attached hydrogen (secondary N) is 1. The minimum absolute atomic E-state index is 0.221. The Balaban J connectivity index is 2.07. The van der Waals surface area contributed by atoms with Crippen molar-refractivity contribution in [2.24, 2.45) is 0 Å². The van der Waals surface area contributed by atoms with Gasteiger partial charge in [-0.25, -0.2) is 9.37 Å². The lowest BCUT2D eigenvalue weighted by molar-refractivity contribution is 0.625. The van der Waals surface area contributed by atoms with Crippen LogP contribution < -0.4 is 5.32 Å². The fraction of sp³-hybridized carbons (Fsp3) is 0.235. The van der Waals surface area contributed by atoms with Crippen molar-refractivity contribution in [1.29, 1.82) is 0 Å². The van der Waals surface area contributed by atoms with E-state index in [2.05, 4.69) is 17.2 Å². The van der Waals surface area contributed by atoms with Crippen molar-refractivity contribution in [2.45, 2.75) is 19.9 Å². The molecular weight excluding hydrogens is 265 g/mol. The van der Waals surface area contributed by atoms with E-state index in [1.54, 1.807) is 12.3 Å². The van der Waals surface area contributed by atoms with Crippen LogP contribution in [-0.2, 0) is 6.54 Å². The molecule has 1 N–H and O–H groups in total. The maximum atomic E-state index is 13.7. The molecule has 2 heterocycles. The zero-order valence-corrected chi connectivity index (χ0v) is 12.0. The molecule has 0 radical (unpaired) electrons. The summed E-state index contributed by atoms with van der Waals surface area (Å²) in [6.07, 6.45) is 4.74. The fourth-order valence-electron chi connectivity index (χ4n) is 2.51. The summed E-state index contributed by atoms with van der Waals surface area (Å²) in [5.74, 6) is -0.221. The van der Waals surface area contributed by atoms with Crippen LogP contribution in [0.25, 0.3) is 16.9 Å². The third-order valence-corrected chi connectivity index (χ3v) is 3.52. The Morgan fingerprint density at radius 1 is 1.24 bits per heavy atom. The number of hydrogen-bond acceptors (Lipinski definition) is 2. The summed E-state index contributed by atoms with van der Waals surface area (Å²) < 4.78 is 15.7. The fourth-order valence-corrected chi connectivity index (χ4v) is 2.51. The van der Waals surface area contributed by atoms with Crippen LogP contribution in [0.5, 0.6) is 0 Å². The molecule has 0 fully saturated rings. The topological polar surface area (TPSA) is 29.3 Å². The Bertz CT molecular complexity index is 749. The number of imidazole rings is 1. The number of halogens is 1. The summed E-state index contributed by atoms with van der Waals surface area (Å²) in [6, 6.07) is 10.8. The summed E-state index contributed by atoms with van der Waals surface area (Å²) in [6.45, 7) is 3.81. The van der Waals surface area contributed by atoms with E-state index in [0.717, 1.165) is 42.0 Å². The van der Waals surface area contributed by atoms with Crippen molar-refractivity contribution >= 4 is 5.65 Å². The van der Waals surface area contributed by atoms with E-state index >= 15 is 0 Å². The highest BCUT2D eigenvalue weighted by Gasteiger charge is 2.10. The normalized spacial score (nSPS) is 11.1. The van der Waals surface area contributed by atoms with Gasteiger partial charge in [0.05, 0.1) is 5.69 Å². The zero-order chi connectivity index (χ0) is 14.7. The Kier molecular flexibility index (Phi) is 3.97. The first-order chi connectivity index (χ1) is 10.3. The van der Waals surface area contributed by atoms with E-state index in [1.165, 1.54) is 6.07 Å². The second-order valence-corrected chi connectivity index (χ2v) is 5.04. The molecule has 0 saturated heterocycles. The monoisotopic (exact) mass is 283 g/mol. The van der Waals surface area contributed by atoms with Gasteiger partial charge in [-0.05, 0) is 42.8 Å². The average molecular weight is 283 g/mol. The Morgan fingerprint density at radius 3 is 3.00 bits per heavy atom. The number of pyridine rings is 1. The molecule has 3 aromatic rings. The number of benzene rings is 1. The van der Waals surface area contributed by atoms with Gasteiger partial charge in [-0.2, -0.15) is 0 Å². The Labute approximate surface area is 123 Å². The zero-order valence-electron chi connectivity index (χ0n) is 12.0. The first-order valence-corrected chi connectivity index (χ1v) is 7.21.